The number of H-pyrrole nitrogens is 1. The van der Waals surface area contributed by atoms with Crippen LogP contribution in [-0.4, -0.2) is 17.1 Å². The monoisotopic (exact) mass is 238 g/mol. The highest BCUT2D eigenvalue weighted by atomic mass is 32.1. The van der Waals surface area contributed by atoms with Crippen LogP contribution >= 0.6 is 12.2 Å². The van der Waals surface area contributed by atoms with Gasteiger partial charge in [-0.25, -0.2) is 4.98 Å². The third kappa shape index (κ3) is 2.18. The van der Waals surface area contributed by atoms with E-state index in [0.29, 0.717) is 10.6 Å². The van der Waals surface area contributed by atoms with Gasteiger partial charge in [-0.15, -0.1) is 0 Å². The SMILES string of the molecule is CCc1[nH]c(C(OC)C2CC2)nc(=S)c1C. The molecule has 1 aliphatic rings. The Hall–Kier alpha value is -0.740. The lowest BCUT2D eigenvalue weighted by Gasteiger charge is -2.15. The highest BCUT2D eigenvalue weighted by molar-refractivity contribution is 7.71. The first-order chi connectivity index (χ1) is 7.67. The number of aromatic nitrogens is 2. The Balaban J connectivity index is 2.40. The smallest absolute Gasteiger partial charge is 0.137 e. The quantitative estimate of drug-likeness (QED) is 0.819. The van der Waals surface area contributed by atoms with Gasteiger partial charge in [-0.3, -0.25) is 0 Å². The zero-order valence-corrected chi connectivity index (χ0v) is 10.9. The summed E-state index contributed by atoms with van der Waals surface area (Å²) in [5.41, 5.74) is 2.27. The summed E-state index contributed by atoms with van der Waals surface area (Å²) in [6.07, 6.45) is 3.51. The van der Waals surface area contributed by atoms with Crippen LogP contribution in [0.25, 0.3) is 0 Å². The van der Waals surface area contributed by atoms with E-state index in [9.17, 15) is 0 Å². The number of nitrogens with one attached hydrogen (secondary N) is 1. The molecule has 2 rings (SSSR count). The number of ether oxygens (including phenoxy) is 1. The topological polar surface area (TPSA) is 37.9 Å². The van der Waals surface area contributed by atoms with E-state index in [-0.39, 0.29) is 6.10 Å². The van der Waals surface area contributed by atoms with Gasteiger partial charge in [0.25, 0.3) is 0 Å². The van der Waals surface area contributed by atoms with Crippen molar-refractivity contribution in [2.45, 2.75) is 39.2 Å². The molecule has 0 amide bonds. The van der Waals surface area contributed by atoms with E-state index in [1.807, 2.05) is 6.92 Å². The van der Waals surface area contributed by atoms with E-state index in [1.165, 1.54) is 18.5 Å². The van der Waals surface area contributed by atoms with Crippen molar-refractivity contribution in [3.05, 3.63) is 21.7 Å². The fourth-order valence-corrected chi connectivity index (χ4v) is 2.23. The molecule has 16 heavy (non-hydrogen) atoms. The van der Waals surface area contributed by atoms with E-state index in [2.05, 4.69) is 16.9 Å². The molecule has 3 nitrogen and oxygen atoms in total. The molecule has 0 aliphatic heterocycles. The molecule has 1 heterocycles. The van der Waals surface area contributed by atoms with Crippen molar-refractivity contribution < 1.29 is 4.74 Å². The maximum Gasteiger partial charge on any atom is 0.137 e. The van der Waals surface area contributed by atoms with Crippen LogP contribution in [0, 0.1) is 17.5 Å². The zero-order valence-electron chi connectivity index (χ0n) is 10.0. The Labute approximate surface area is 101 Å². The van der Waals surface area contributed by atoms with Crippen LogP contribution < -0.4 is 0 Å². The van der Waals surface area contributed by atoms with Crippen molar-refractivity contribution in [3.63, 3.8) is 0 Å². The first-order valence-electron chi connectivity index (χ1n) is 5.79. The van der Waals surface area contributed by atoms with Crippen LogP contribution in [0.3, 0.4) is 0 Å². The summed E-state index contributed by atoms with van der Waals surface area (Å²) in [7, 11) is 1.74. The van der Waals surface area contributed by atoms with Gasteiger partial charge in [0, 0.05) is 18.4 Å². The van der Waals surface area contributed by atoms with Gasteiger partial charge in [-0.05, 0) is 32.1 Å². The molecule has 88 valence electrons. The Morgan fingerprint density at radius 2 is 2.25 bits per heavy atom. The first-order valence-corrected chi connectivity index (χ1v) is 6.20. The van der Waals surface area contributed by atoms with E-state index >= 15 is 0 Å². The number of aryl methyl sites for hydroxylation is 1. The van der Waals surface area contributed by atoms with Gasteiger partial charge in [0.05, 0.1) is 0 Å². The molecule has 1 aromatic heterocycles. The second-order valence-corrected chi connectivity index (χ2v) is 4.76. The number of rotatable bonds is 4. The van der Waals surface area contributed by atoms with Crippen LogP contribution in [0.2, 0.25) is 0 Å². The maximum absolute atomic E-state index is 5.51. The predicted octanol–water partition coefficient (Wildman–Crippen LogP) is 3.11. The minimum Gasteiger partial charge on any atom is -0.373 e. The van der Waals surface area contributed by atoms with Crippen LogP contribution in [-0.2, 0) is 11.2 Å². The van der Waals surface area contributed by atoms with E-state index in [1.54, 1.807) is 7.11 Å². The van der Waals surface area contributed by atoms with Crippen LogP contribution in [0.4, 0.5) is 0 Å². The lowest BCUT2D eigenvalue weighted by molar-refractivity contribution is 0.0769. The van der Waals surface area contributed by atoms with Gasteiger partial charge in [0.2, 0.25) is 0 Å². The van der Waals surface area contributed by atoms with Crippen LogP contribution in [0.1, 0.15) is 43.0 Å². The summed E-state index contributed by atoms with van der Waals surface area (Å²) in [4.78, 5) is 7.82. The summed E-state index contributed by atoms with van der Waals surface area (Å²) < 4.78 is 6.22. The van der Waals surface area contributed by atoms with Crippen LogP contribution in [0.15, 0.2) is 0 Å². The van der Waals surface area contributed by atoms with E-state index < -0.39 is 0 Å². The van der Waals surface area contributed by atoms with Gasteiger partial charge < -0.3 is 9.72 Å². The molecule has 1 atom stereocenters. The Kier molecular flexibility index (Phi) is 3.40. The molecule has 1 unspecified atom stereocenters. The fourth-order valence-electron chi connectivity index (χ4n) is 2.01. The van der Waals surface area contributed by atoms with Crippen molar-refractivity contribution in [2.75, 3.05) is 7.11 Å². The Morgan fingerprint density at radius 1 is 1.56 bits per heavy atom. The molecule has 1 saturated carbocycles. The van der Waals surface area contributed by atoms with Crippen molar-refractivity contribution in [3.8, 4) is 0 Å². The van der Waals surface area contributed by atoms with Crippen molar-refractivity contribution in [1.82, 2.24) is 9.97 Å². The van der Waals surface area contributed by atoms with Gasteiger partial charge in [-0.2, -0.15) is 0 Å². The summed E-state index contributed by atoms with van der Waals surface area (Å²) in [5.74, 6) is 1.52. The second-order valence-electron chi connectivity index (χ2n) is 4.38. The molecule has 4 heteroatoms. The fraction of sp³-hybridized carbons (Fsp3) is 0.667. The van der Waals surface area contributed by atoms with E-state index in [0.717, 1.165) is 17.8 Å². The molecule has 1 fully saturated rings. The summed E-state index contributed by atoms with van der Waals surface area (Å²) >= 11 is 5.28. The molecule has 0 saturated heterocycles. The molecule has 1 aliphatic carbocycles. The van der Waals surface area contributed by atoms with E-state index in [4.69, 9.17) is 17.0 Å². The molecule has 0 spiro atoms. The lowest BCUT2D eigenvalue weighted by atomic mass is 10.1. The molecule has 1 N–H and O–H groups in total. The van der Waals surface area contributed by atoms with Crippen LogP contribution in [0.5, 0.6) is 0 Å². The molecule has 1 aromatic rings. The largest absolute Gasteiger partial charge is 0.373 e. The minimum absolute atomic E-state index is 0.0904. The number of nitrogens with zero attached hydrogens (tertiary/aromatic N) is 1. The van der Waals surface area contributed by atoms with Gasteiger partial charge in [0.15, 0.2) is 0 Å². The predicted molar refractivity (Wildman–Crippen MR) is 66.0 cm³/mol. The molecule has 0 radical (unpaired) electrons. The summed E-state index contributed by atoms with van der Waals surface area (Å²) in [6, 6.07) is 0. The van der Waals surface area contributed by atoms with Gasteiger partial charge in [-0.1, -0.05) is 19.1 Å². The maximum atomic E-state index is 5.51. The summed E-state index contributed by atoms with van der Waals surface area (Å²) in [5, 5.41) is 0. The number of hydrogen-bond donors (Lipinski definition) is 1. The van der Waals surface area contributed by atoms with Gasteiger partial charge in [0.1, 0.15) is 16.6 Å². The van der Waals surface area contributed by atoms with Crippen molar-refractivity contribution in [2.24, 2.45) is 5.92 Å². The molecular formula is C12H18N2OS. The molecular weight excluding hydrogens is 220 g/mol. The minimum atomic E-state index is 0.0904. The normalized spacial score (nSPS) is 17.4. The highest BCUT2D eigenvalue weighted by Gasteiger charge is 2.34. The van der Waals surface area contributed by atoms with Crippen molar-refractivity contribution in [1.29, 1.82) is 0 Å². The first kappa shape index (κ1) is 11.7. The van der Waals surface area contributed by atoms with Gasteiger partial charge >= 0.3 is 0 Å². The van der Waals surface area contributed by atoms with Crippen molar-refractivity contribution >= 4 is 12.2 Å². The molecule has 0 aromatic carbocycles. The Bertz CT molecular complexity index is 437. The average Bonchev–Trinajstić information content (AvgIpc) is 3.08. The number of hydrogen-bond acceptors (Lipinski definition) is 3. The number of methoxy groups -OCH3 is 1. The highest BCUT2D eigenvalue weighted by Crippen LogP contribution is 2.41. The third-order valence-electron chi connectivity index (χ3n) is 3.20. The standard InChI is InChI=1S/C12H18N2OS/c1-4-9-7(2)12(16)14-11(13-9)10(15-3)8-5-6-8/h8,10H,4-6H2,1-3H3,(H,13,14,16). The third-order valence-corrected chi connectivity index (χ3v) is 3.60. The molecule has 0 bridgehead atoms. The average molecular weight is 238 g/mol. The zero-order chi connectivity index (χ0) is 11.7. The lowest BCUT2D eigenvalue weighted by Crippen LogP contribution is -2.11. The summed E-state index contributed by atoms with van der Waals surface area (Å²) in [6.45, 7) is 4.14. The second kappa shape index (κ2) is 4.63. The Morgan fingerprint density at radius 3 is 2.75 bits per heavy atom. The number of aromatic amines is 1.